The van der Waals surface area contributed by atoms with Gasteiger partial charge in [-0.3, -0.25) is 14.6 Å². The van der Waals surface area contributed by atoms with Crippen LogP contribution in [0.4, 0.5) is 4.39 Å². The number of carbonyl (C=O) groups excluding carboxylic acids is 1. The van der Waals surface area contributed by atoms with Crippen molar-refractivity contribution in [3.63, 3.8) is 0 Å². The number of ketones is 1. The molecule has 1 aromatic heterocycles. The molecule has 0 bridgehead atoms. The second kappa shape index (κ2) is 24.1. The number of carboxylic acid groups (broad SMARTS) is 1. The Labute approximate surface area is 286 Å². The Morgan fingerprint density at radius 2 is 1.51 bits per heavy atom. The Hall–Kier alpha value is -3.06. The highest BCUT2D eigenvalue weighted by molar-refractivity contribution is 5.99. The normalized spacial score (nSPS) is 11.9. The summed E-state index contributed by atoms with van der Waals surface area (Å²) in [6, 6.07) is 1.42. The van der Waals surface area contributed by atoms with E-state index in [0.29, 0.717) is 52.2 Å². The maximum Gasteiger partial charge on any atom is 0.307 e. The smallest absolute Gasteiger partial charge is 0.307 e. The average molecular weight is 660 g/mol. The maximum atomic E-state index is 15.0. The summed E-state index contributed by atoms with van der Waals surface area (Å²) in [6.07, 6.45) is 10.8. The zero-order valence-corrected chi connectivity index (χ0v) is 32.2. The van der Waals surface area contributed by atoms with Crippen molar-refractivity contribution in [2.24, 2.45) is 0 Å². The number of aryl methyl sites for hydroxylation is 2. The van der Waals surface area contributed by atoms with Crippen molar-refractivity contribution in [2.75, 3.05) is 6.61 Å². The van der Waals surface area contributed by atoms with Crippen molar-refractivity contribution in [3.8, 4) is 16.9 Å². The van der Waals surface area contributed by atoms with Gasteiger partial charge in [-0.2, -0.15) is 0 Å². The van der Waals surface area contributed by atoms with E-state index in [2.05, 4.69) is 18.8 Å². The third-order valence-corrected chi connectivity index (χ3v) is 7.76. The van der Waals surface area contributed by atoms with E-state index < -0.39 is 17.4 Å². The minimum atomic E-state index is -0.998. The molecular weight excluding hydrogens is 593 g/mol. The molecule has 1 aromatic carbocycles. The van der Waals surface area contributed by atoms with E-state index in [0.717, 1.165) is 24.0 Å². The van der Waals surface area contributed by atoms with Gasteiger partial charge in [0.05, 0.1) is 18.6 Å². The van der Waals surface area contributed by atoms with E-state index in [1.165, 1.54) is 45.1 Å². The van der Waals surface area contributed by atoms with Crippen LogP contribution in [0.1, 0.15) is 155 Å². The molecule has 1 aliphatic rings. The number of hydrogen-bond donors (Lipinski definition) is 2. The number of hydrogen-bond acceptors (Lipinski definition) is 5. The number of pyridine rings is 1. The molecular formula is C40H66FNO5. The summed E-state index contributed by atoms with van der Waals surface area (Å²) in [7, 11) is 0. The molecule has 2 aromatic rings. The molecule has 2 heterocycles. The first kappa shape index (κ1) is 46.1. The number of aliphatic carboxylic acids is 1. The van der Waals surface area contributed by atoms with E-state index in [4.69, 9.17) is 9.84 Å². The van der Waals surface area contributed by atoms with Crippen LogP contribution in [0.25, 0.3) is 17.2 Å². The summed E-state index contributed by atoms with van der Waals surface area (Å²) in [6.45, 7) is 27.2. The van der Waals surface area contributed by atoms with Gasteiger partial charge in [-0.15, -0.1) is 0 Å². The van der Waals surface area contributed by atoms with E-state index in [1.54, 1.807) is 33.8 Å². The summed E-state index contributed by atoms with van der Waals surface area (Å²) in [5.74, 6) is -1.27. The summed E-state index contributed by atoms with van der Waals surface area (Å²) >= 11 is 0. The molecule has 0 saturated heterocycles. The Bertz CT molecular complexity index is 1270. The lowest BCUT2D eigenvalue weighted by molar-refractivity contribution is -0.136. The largest absolute Gasteiger partial charge is 0.490 e. The number of unbranched alkanes of at least 4 members (excludes halogenated alkanes) is 4. The van der Waals surface area contributed by atoms with Crippen LogP contribution >= 0.6 is 0 Å². The Morgan fingerprint density at radius 1 is 0.979 bits per heavy atom. The van der Waals surface area contributed by atoms with Gasteiger partial charge in [0, 0.05) is 22.5 Å². The number of Topliss-reactive ketones (excluding diaryl/α,β-unsaturated/α-hetero) is 1. The number of rotatable bonds is 10. The molecule has 0 atom stereocenters. The predicted octanol–water partition coefficient (Wildman–Crippen LogP) is 11.0. The number of benzene rings is 1. The van der Waals surface area contributed by atoms with Gasteiger partial charge in [0.15, 0.2) is 17.3 Å². The molecule has 6 nitrogen and oxygen atoms in total. The molecule has 0 radical (unpaired) electrons. The van der Waals surface area contributed by atoms with Gasteiger partial charge in [-0.05, 0) is 108 Å². The Morgan fingerprint density at radius 3 is 1.96 bits per heavy atom. The molecule has 0 aliphatic carbocycles. The van der Waals surface area contributed by atoms with Crippen LogP contribution in [-0.2, 0) is 22.4 Å². The summed E-state index contributed by atoms with van der Waals surface area (Å²) in [5.41, 5.74) is 5.37. The van der Waals surface area contributed by atoms with Gasteiger partial charge in [-0.25, -0.2) is 4.39 Å². The number of carboxylic acids is 1. The quantitative estimate of drug-likeness (QED) is 0.195. The fraction of sp³-hybridized carbons (Fsp3) is 0.625. The molecule has 0 fully saturated rings. The molecule has 47 heavy (non-hydrogen) atoms. The monoisotopic (exact) mass is 659 g/mol. The van der Waals surface area contributed by atoms with Gasteiger partial charge < -0.3 is 14.9 Å². The van der Waals surface area contributed by atoms with Gasteiger partial charge in [0.1, 0.15) is 0 Å². The summed E-state index contributed by atoms with van der Waals surface area (Å²) in [4.78, 5) is 28.0. The lowest BCUT2D eigenvalue weighted by atomic mass is 9.85. The van der Waals surface area contributed by atoms with Crippen LogP contribution in [0.15, 0.2) is 11.6 Å². The highest BCUT2D eigenvalue weighted by Crippen LogP contribution is 2.41. The zero-order valence-electron chi connectivity index (χ0n) is 32.2. The number of fused-ring (bicyclic) bond motifs is 1. The van der Waals surface area contributed by atoms with Crippen molar-refractivity contribution >= 4 is 17.8 Å². The molecule has 2 N–H and O–H groups in total. The van der Waals surface area contributed by atoms with Crippen LogP contribution in [0, 0.1) is 26.6 Å². The fourth-order valence-electron chi connectivity index (χ4n) is 4.67. The molecule has 268 valence electrons. The van der Waals surface area contributed by atoms with E-state index in [1.807, 2.05) is 48.5 Å². The molecule has 0 spiro atoms. The van der Waals surface area contributed by atoms with Gasteiger partial charge >= 0.3 is 5.97 Å². The first-order valence-corrected chi connectivity index (χ1v) is 17.7. The van der Waals surface area contributed by atoms with E-state index in [9.17, 15) is 19.1 Å². The van der Waals surface area contributed by atoms with Gasteiger partial charge in [-0.1, -0.05) is 80.6 Å². The number of aliphatic hydroxyl groups is 1. The molecule has 7 heteroatoms. The lowest BCUT2D eigenvalue weighted by Gasteiger charge is -2.24. The number of carbonyl (C=O) groups is 2. The zero-order chi connectivity index (χ0) is 36.9. The van der Waals surface area contributed by atoms with E-state index in [-0.39, 0.29) is 18.0 Å². The van der Waals surface area contributed by atoms with Crippen LogP contribution in [0.5, 0.6) is 5.75 Å². The average Bonchev–Trinajstić information content (AvgIpc) is 3.04. The lowest BCUT2D eigenvalue weighted by Crippen LogP contribution is -2.15. The molecule has 3 rings (SSSR count). The Balaban J connectivity index is 0. The summed E-state index contributed by atoms with van der Waals surface area (Å²) in [5, 5.41) is 18.3. The first-order chi connectivity index (χ1) is 22.1. The maximum absolute atomic E-state index is 15.0. The molecule has 0 saturated carbocycles. The molecule has 0 amide bonds. The van der Waals surface area contributed by atoms with Crippen LogP contribution < -0.4 is 4.74 Å². The number of allylic oxidation sites excluding steroid dienone is 1. The van der Waals surface area contributed by atoms with Gasteiger partial charge in [0.2, 0.25) is 0 Å². The van der Waals surface area contributed by atoms with Crippen LogP contribution in [0.2, 0.25) is 0 Å². The van der Waals surface area contributed by atoms with Crippen LogP contribution in [0.3, 0.4) is 0 Å². The predicted molar refractivity (Wildman–Crippen MR) is 197 cm³/mol. The molecule has 0 unspecified atom stereocenters. The standard InChI is InChI=1S/C24H26FNO4.C7H16.C5H12O.2C2H6/c1-12(16(5)27)9-19-14(3)26-15(4)20(11-22(28)29)23(19)18-10-21(25)24-17(13(18)2)7-6-8-30-24;1-3-5-7-6-4-2;1-4-5(2,3)6;2*1-2/h9-10H,6-8,11H2,1-5H3,(H,28,29);3-7H2,1-2H3;6H,4H2,1-3H3;2*1-2H3/b12-9+;;;;. The third-order valence-electron chi connectivity index (χ3n) is 7.76. The Kier molecular flexibility index (Phi) is 23.7. The van der Waals surface area contributed by atoms with Crippen molar-refractivity contribution in [1.29, 1.82) is 0 Å². The number of ether oxygens (including phenoxy) is 1. The molecule has 1 aliphatic heterocycles. The fourth-order valence-corrected chi connectivity index (χ4v) is 4.67. The highest BCUT2D eigenvalue weighted by Gasteiger charge is 2.25. The minimum Gasteiger partial charge on any atom is -0.490 e. The second-order valence-electron chi connectivity index (χ2n) is 12.0. The number of halogens is 1. The second-order valence-corrected chi connectivity index (χ2v) is 12.0. The van der Waals surface area contributed by atoms with Crippen molar-refractivity contribution in [2.45, 2.75) is 160 Å². The van der Waals surface area contributed by atoms with Gasteiger partial charge in [0.25, 0.3) is 0 Å². The topological polar surface area (TPSA) is 96.7 Å². The van der Waals surface area contributed by atoms with Crippen molar-refractivity contribution in [3.05, 3.63) is 51.1 Å². The summed E-state index contributed by atoms with van der Waals surface area (Å²) < 4.78 is 20.5. The third kappa shape index (κ3) is 16.1. The highest BCUT2D eigenvalue weighted by atomic mass is 19.1. The van der Waals surface area contributed by atoms with E-state index >= 15 is 0 Å². The van der Waals surface area contributed by atoms with Crippen molar-refractivity contribution < 1.29 is 28.9 Å². The minimum absolute atomic E-state index is 0.0950. The van der Waals surface area contributed by atoms with Crippen molar-refractivity contribution in [1.82, 2.24) is 4.98 Å². The number of aromatic nitrogens is 1. The van der Waals surface area contributed by atoms with Crippen LogP contribution in [-0.4, -0.2) is 39.2 Å². The first-order valence-electron chi connectivity index (χ1n) is 17.7. The SMILES string of the molecule is CC.CC.CC(=O)/C(C)=C/c1c(C)nc(C)c(CC(=O)O)c1-c1cc(F)c2c(c1C)CCCO2.CCC(C)(C)O.CCCCCCC. The number of nitrogens with zero attached hydrogens (tertiary/aromatic N) is 1.